The number of rotatable bonds is 3. The zero-order chi connectivity index (χ0) is 17.5. The Hall–Kier alpha value is -2.70. The summed E-state index contributed by atoms with van der Waals surface area (Å²) in [6.45, 7) is 3.92. The summed E-state index contributed by atoms with van der Waals surface area (Å²) in [5.74, 6) is 2.72. The van der Waals surface area contributed by atoms with Gasteiger partial charge >= 0.3 is 0 Å². The van der Waals surface area contributed by atoms with E-state index in [1.807, 2.05) is 25.3 Å². The van der Waals surface area contributed by atoms with Crippen LogP contribution in [0.25, 0.3) is 5.65 Å². The molecule has 4 heterocycles. The number of aromatic nitrogens is 5. The Bertz CT molecular complexity index is 944. The molecule has 0 N–H and O–H groups in total. The van der Waals surface area contributed by atoms with Crippen LogP contribution in [0.3, 0.4) is 0 Å². The third-order valence-electron chi connectivity index (χ3n) is 5.28. The molecular formula is C19H22N6O. The highest BCUT2D eigenvalue weighted by atomic mass is 16.5. The van der Waals surface area contributed by atoms with Gasteiger partial charge in [0.05, 0.1) is 6.20 Å². The molecule has 0 radical (unpaired) electrons. The highest BCUT2D eigenvalue weighted by Gasteiger charge is 2.26. The van der Waals surface area contributed by atoms with Crippen molar-refractivity contribution in [3.8, 4) is 5.88 Å². The van der Waals surface area contributed by atoms with Gasteiger partial charge in [0.15, 0.2) is 5.65 Å². The number of nitrogens with zero attached hydrogens (tertiary/aromatic N) is 6. The van der Waals surface area contributed by atoms with Crippen molar-refractivity contribution in [2.75, 3.05) is 18.0 Å². The lowest BCUT2D eigenvalue weighted by atomic mass is 10.1. The minimum Gasteiger partial charge on any atom is -0.474 e. The predicted octanol–water partition coefficient (Wildman–Crippen LogP) is 2.36. The van der Waals surface area contributed by atoms with E-state index in [9.17, 15) is 0 Å². The lowest BCUT2D eigenvalue weighted by molar-refractivity contribution is 0.164. The average Bonchev–Trinajstić information content (AvgIpc) is 3.30. The van der Waals surface area contributed by atoms with E-state index in [1.165, 1.54) is 17.7 Å². The molecule has 3 aromatic rings. The third kappa shape index (κ3) is 2.77. The maximum Gasteiger partial charge on any atom is 0.217 e. The van der Waals surface area contributed by atoms with E-state index >= 15 is 0 Å². The first-order valence-electron chi connectivity index (χ1n) is 9.35. The van der Waals surface area contributed by atoms with Crippen LogP contribution in [0, 0.1) is 6.92 Å². The molecule has 0 aromatic carbocycles. The van der Waals surface area contributed by atoms with Crippen molar-refractivity contribution >= 4 is 11.5 Å². The van der Waals surface area contributed by atoms with E-state index in [-0.39, 0.29) is 6.10 Å². The Kier molecular flexibility index (Phi) is 3.72. The first kappa shape index (κ1) is 15.5. The van der Waals surface area contributed by atoms with Gasteiger partial charge in [-0.3, -0.25) is 0 Å². The van der Waals surface area contributed by atoms with Crippen molar-refractivity contribution in [1.29, 1.82) is 0 Å². The number of fused-ring (bicyclic) bond motifs is 2. The van der Waals surface area contributed by atoms with Crippen LogP contribution < -0.4 is 9.64 Å². The smallest absolute Gasteiger partial charge is 0.217 e. The van der Waals surface area contributed by atoms with Gasteiger partial charge in [0.25, 0.3) is 0 Å². The molecule has 0 spiro atoms. The van der Waals surface area contributed by atoms with Gasteiger partial charge in [-0.05, 0) is 26.2 Å². The summed E-state index contributed by atoms with van der Waals surface area (Å²) < 4.78 is 7.87. The van der Waals surface area contributed by atoms with Crippen LogP contribution in [0.15, 0.2) is 24.5 Å². The molecule has 2 aliphatic rings. The fourth-order valence-corrected chi connectivity index (χ4v) is 4.01. The second-order valence-corrected chi connectivity index (χ2v) is 7.08. The normalized spacial score (nSPS) is 17.7. The largest absolute Gasteiger partial charge is 0.474 e. The fourth-order valence-electron chi connectivity index (χ4n) is 4.01. The first-order valence-corrected chi connectivity index (χ1v) is 9.35. The lowest BCUT2D eigenvalue weighted by Crippen LogP contribution is -2.39. The number of ether oxygens (including phenoxy) is 1. The Morgan fingerprint density at radius 3 is 2.85 bits per heavy atom. The standard InChI is InChI=1S/C19H22N6O/c1-13-21-16-4-2-3-15(16)19(22-13)24-10-6-14(7-11-24)26-18-8-12-25-17(23-18)5-9-20-25/h5,8-9,12,14H,2-4,6-7,10-11H2,1H3. The van der Waals surface area contributed by atoms with Crippen molar-refractivity contribution in [2.24, 2.45) is 0 Å². The minimum atomic E-state index is 0.195. The minimum absolute atomic E-state index is 0.195. The Morgan fingerprint density at radius 1 is 1.08 bits per heavy atom. The van der Waals surface area contributed by atoms with Gasteiger partial charge in [-0.25, -0.2) is 14.5 Å². The quantitative estimate of drug-likeness (QED) is 0.722. The molecule has 1 aliphatic carbocycles. The Balaban J connectivity index is 1.28. The second-order valence-electron chi connectivity index (χ2n) is 7.08. The Labute approximate surface area is 152 Å². The topological polar surface area (TPSA) is 68.4 Å². The summed E-state index contributed by atoms with van der Waals surface area (Å²) in [4.78, 5) is 16.3. The van der Waals surface area contributed by atoms with Gasteiger partial charge in [0.1, 0.15) is 17.7 Å². The molecule has 7 nitrogen and oxygen atoms in total. The fraction of sp³-hybridized carbons (Fsp3) is 0.474. The van der Waals surface area contributed by atoms with E-state index in [2.05, 4.69) is 20.0 Å². The van der Waals surface area contributed by atoms with Gasteiger partial charge in [-0.1, -0.05) is 0 Å². The van der Waals surface area contributed by atoms with Crippen LogP contribution in [-0.4, -0.2) is 43.8 Å². The van der Waals surface area contributed by atoms with Crippen LogP contribution in [0.2, 0.25) is 0 Å². The highest BCUT2D eigenvalue weighted by Crippen LogP contribution is 2.31. The van der Waals surface area contributed by atoms with Crippen LogP contribution in [0.4, 0.5) is 5.82 Å². The van der Waals surface area contributed by atoms with E-state index in [1.54, 1.807) is 10.7 Å². The zero-order valence-electron chi connectivity index (χ0n) is 14.9. The first-order chi connectivity index (χ1) is 12.8. The van der Waals surface area contributed by atoms with Gasteiger partial charge < -0.3 is 9.64 Å². The predicted molar refractivity (Wildman–Crippen MR) is 97.6 cm³/mol. The molecule has 0 atom stereocenters. The van der Waals surface area contributed by atoms with E-state index < -0.39 is 0 Å². The molecule has 0 saturated carbocycles. The SMILES string of the molecule is Cc1nc2c(c(N3CCC(Oc4ccn5nccc5n4)CC3)n1)CCC2. The van der Waals surface area contributed by atoms with Crippen LogP contribution in [0.1, 0.15) is 36.3 Å². The monoisotopic (exact) mass is 350 g/mol. The summed E-state index contributed by atoms with van der Waals surface area (Å²) in [5, 5.41) is 4.17. The summed E-state index contributed by atoms with van der Waals surface area (Å²) in [7, 11) is 0. The maximum atomic E-state index is 6.12. The molecular weight excluding hydrogens is 328 g/mol. The summed E-state index contributed by atoms with van der Waals surface area (Å²) in [5.41, 5.74) is 3.43. The van der Waals surface area contributed by atoms with Crippen molar-refractivity contribution in [2.45, 2.75) is 45.1 Å². The number of hydrogen-bond acceptors (Lipinski definition) is 6. The second kappa shape index (κ2) is 6.23. The zero-order valence-corrected chi connectivity index (χ0v) is 14.9. The molecule has 134 valence electrons. The van der Waals surface area contributed by atoms with Crippen LogP contribution >= 0.6 is 0 Å². The number of piperidine rings is 1. The molecule has 1 fully saturated rings. The maximum absolute atomic E-state index is 6.12. The number of hydrogen-bond donors (Lipinski definition) is 0. The van der Waals surface area contributed by atoms with Crippen LogP contribution in [0.5, 0.6) is 5.88 Å². The summed E-state index contributed by atoms with van der Waals surface area (Å²) in [6.07, 6.45) is 9.17. The van der Waals surface area contributed by atoms with E-state index in [4.69, 9.17) is 9.72 Å². The van der Waals surface area contributed by atoms with Gasteiger partial charge in [-0.2, -0.15) is 10.1 Å². The van der Waals surface area contributed by atoms with E-state index in [0.29, 0.717) is 5.88 Å². The Morgan fingerprint density at radius 2 is 1.96 bits per heavy atom. The van der Waals surface area contributed by atoms with Gasteiger partial charge in [0.2, 0.25) is 5.88 Å². The lowest BCUT2D eigenvalue weighted by Gasteiger charge is -2.33. The highest BCUT2D eigenvalue weighted by molar-refractivity contribution is 5.51. The molecule has 0 amide bonds. The number of aryl methyl sites for hydroxylation is 2. The molecule has 7 heteroatoms. The van der Waals surface area contributed by atoms with Crippen LogP contribution in [-0.2, 0) is 12.8 Å². The van der Waals surface area contributed by atoms with Crippen molar-refractivity contribution in [1.82, 2.24) is 24.6 Å². The van der Waals surface area contributed by atoms with Crippen molar-refractivity contribution < 1.29 is 4.74 Å². The molecule has 1 saturated heterocycles. The summed E-state index contributed by atoms with van der Waals surface area (Å²) in [6, 6.07) is 3.76. The molecule has 0 bridgehead atoms. The van der Waals surface area contributed by atoms with Gasteiger partial charge in [0, 0.05) is 55.5 Å². The molecule has 1 aliphatic heterocycles. The molecule has 0 unspecified atom stereocenters. The third-order valence-corrected chi connectivity index (χ3v) is 5.28. The van der Waals surface area contributed by atoms with Crippen molar-refractivity contribution in [3.05, 3.63) is 41.6 Å². The van der Waals surface area contributed by atoms with Crippen molar-refractivity contribution in [3.63, 3.8) is 0 Å². The molecule has 3 aromatic heterocycles. The number of anilines is 1. The molecule has 5 rings (SSSR count). The van der Waals surface area contributed by atoms with Gasteiger partial charge in [-0.15, -0.1) is 0 Å². The average molecular weight is 350 g/mol. The molecule has 26 heavy (non-hydrogen) atoms. The van der Waals surface area contributed by atoms with E-state index in [0.717, 1.165) is 56.1 Å². The summed E-state index contributed by atoms with van der Waals surface area (Å²) >= 11 is 0.